The van der Waals surface area contributed by atoms with Crippen molar-refractivity contribution in [2.24, 2.45) is 5.92 Å². The standard InChI is InChI=1S/C17H23N3O3S/c1-3-23-15-5-4-6-16(11-15)24(21,22)20-9-7-14(2)17(12-20)19-10-8-18-13-19/h4-6,8,10-11,13-14,17H,3,7,9,12H2,1-2H3/t14-,17+/m1/s1. The van der Waals surface area contributed by atoms with E-state index in [1.54, 1.807) is 41.1 Å². The van der Waals surface area contributed by atoms with Gasteiger partial charge in [0.25, 0.3) is 0 Å². The van der Waals surface area contributed by atoms with Crippen LogP contribution in [0.1, 0.15) is 26.3 Å². The molecule has 1 aromatic carbocycles. The number of piperidine rings is 1. The Morgan fingerprint density at radius 1 is 1.38 bits per heavy atom. The molecule has 6 nitrogen and oxygen atoms in total. The molecular weight excluding hydrogens is 326 g/mol. The Hall–Kier alpha value is -1.86. The van der Waals surface area contributed by atoms with Crippen molar-refractivity contribution in [2.75, 3.05) is 19.7 Å². The smallest absolute Gasteiger partial charge is 0.243 e. The SMILES string of the molecule is CCOc1cccc(S(=O)(=O)N2CC[C@@H](C)[C@@H](n3ccnc3)C2)c1. The molecule has 0 aliphatic carbocycles. The van der Waals surface area contributed by atoms with E-state index >= 15 is 0 Å². The van der Waals surface area contributed by atoms with Crippen LogP contribution in [0.5, 0.6) is 5.75 Å². The molecule has 0 radical (unpaired) electrons. The normalized spacial score (nSPS) is 22.4. The number of benzene rings is 1. The van der Waals surface area contributed by atoms with Gasteiger partial charge in [0.15, 0.2) is 0 Å². The quantitative estimate of drug-likeness (QED) is 0.832. The Kier molecular flexibility index (Phi) is 4.91. The molecule has 24 heavy (non-hydrogen) atoms. The van der Waals surface area contributed by atoms with Crippen molar-refractivity contribution in [1.29, 1.82) is 0 Å². The molecule has 0 saturated carbocycles. The van der Waals surface area contributed by atoms with Gasteiger partial charge in [-0.3, -0.25) is 0 Å². The predicted octanol–water partition coefficient (Wildman–Crippen LogP) is 2.55. The monoisotopic (exact) mass is 349 g/mol. The summed E-state index contributed by atoms with van der Waals surface area (Å²) in [7, 11) is -3.53. The van der Waals surface area contributed by atoms with Crippen LogP contribution in [0.2, 0.25) is 0 Å². The summed E-state index contributed by atoms with van der Waals surface area (Å²) in [5.41, 5.74) is 0. The highest BCUT2D eigenvalue weighted by atomic mass is 32.2. The van der Waals surface area contributed by atoms with Gasteiger partial charge in [-0.2, -0.15) is 4.31 Å². The molecule has 1 aromatic heterocycles. The van der Waals surface area contributed by atoms with Gasteiger partial charge in [0.05, 0.1) is 23.9 Å². The van der Waals surface area contributed by atoms with E-state index in [0.717, 1.165) is 6.42 Å². The molecule has 3 rings (SSSR count). The van der Waals surface area contributed by atoms with Crippen LogP contribution in [0.15, 0.2) is 47.9 Å². The van der Waals surface area contributed by atoms with Crippen LogP contribution in [0, 0.1) is 5.92 Å². The zero-order valence-corrected chi connectivity index (χ0v) is 14.8. The van der Waals surface area contributed by atoms with Crippen molar-refractivity contribution in [2.45, 2.75) is 31.2 Å². The largest absolute Gasteiger partial charge is 0.494 e. The van der Waals surface area contributed by atoms with E-state index in [-0.39, 0.29) is 10.9 Å². The van der Waals surface area contributed by atoms with Gasteiger partial charge in [-0.15, -0.1) is 0 Å². The number of sulfonamides is 1. The summed E-state index contributed by atoms with van der Waals surface area (Å²) in [5, 5.41) is 0. The molecule has 0 amide bonds. The Morgan fingerprint density at radius 2 is 2.21 bits per heavy atom. The molecule has 1 saturated heterocycles. The Labute approximate surface area is 143 Å². The first-order chi connectivity index (χ1) is 11.5. The summed E-state index contributed by atoms with van der Waals surface area (Å²) in [6.45, 7) is 5.53. The van der Waals surface area contributed by atoms with E-state index in [0.29, 0.717) is 31.4 Å². The third-order valence-corrected chi connectivity index (χ3v) is 6.40. The Balaban J connectivity index is 1.85. The lowest BCUT2D eigenvalue weighted by atomic mass is 9.95. The van der Waals surface area contributed by atoms with Gasteiger partial charge >= 0.3 is 0 Å². The minimum Gasteiger partial charge on any atom is -0.494 e. The summed E-state index contributed by atoms with van der Waals surface area (Å²) < 4.78 is 35.0. The van der Waals surface area contributed by atoms with Gasteiger partial charge in [0, 0.05) is 31.5 Å². The minimum atomic E-state index is -3.53. The fourth-order valence-electron chi connectivity index (χ4n) is 3.13. The summed E-state index contributed by atoms with van der Waals surface area (Å²) in [6.07, 6.45) is 6.21. The van der Waals surface area contributed by atoms with E-state index in [1.165, 1.54) is 0 Å². The fourth-order valence-corrected chi connectivity index (χ4v) is 4.64. The molecule has 1 aliphatic heterocycles. The van der Waals surface area contributed by atoms with Crippen molar-refractivity contribution in [3.63, 3.8) is 0 Å². The summed E-state index contributed by atoms with van der Waals surface area (Å²) in [6, 6.07) is 6.82. The van der Waals surface area contributed by atoms with E-state index in [9.17, 15) is 8.42 Å². The Bertz CT molecular complexity index is 774. The van der Waals surface area contributed by atoms with Gasteiger partial charge in [-0.1, -0.05) is 13.0 Å². The molecule has 7 heteroatoms. The molecule has 0 N–H and O–H groups in total. The lowest BCUT2D eigenvalue weighted by Crippen LogP contribution is -2.43. The zero-order valence-electron chi connectivity index (χ0n) is 14.0. The third kappa shape index (κ3) is 3.32. The lowest BCUT2D eigenvalue weighted by Gasteiger charge is -2.36. The Morgan fingerprint density at radius 3 is 2.92 bits per heavy atom. The summed E-state index contributed by atoms with van der Waals surface area (Å²) >= 11 is 0. The predicted molar refractivity (Wildman–Crippen MR) is 91.4 cm³/mol. The number of hydrogen-bond acceptors (Lipinski definition) is 4. The highest BCUT2D eigenvalue weighted by molar-refractivity contribution is 7.89. The van der Waals surface area contributed by atoms with Crippen LogP contribution in [-0.4, -0.2) is 42.0 Å². The van der Waals surface area contributed by atoms with Gasteiger partial charge in [-0.25, -0.2) is 13.4 Å². The first kappa shape index (κ1) is 17.0. The lowest BCUT2D eigenvalue weighted by molar-refractivity contribution is 0.200. The van der Waals surface area contributed by atoms with Gasteiger partial charge in [-0.05, 0) is 31.4 Å². The van der Waals surface area contributed by atoms with Crippen molar-refractivity contribution in [1.82, 2.24) is 13.9 Å². The topological polar surface area (TPSA) is 64.4 Å². The van der Waals surface area contributed by atoms with Crippen LogP contribution >= 0.6 is 0 Å². The molecule has 0 spiro atoms. The first-order valence-corrected chi connectivity index (χ1v) is 9.67. The summed E-state index contributed by atoms with van der Waals surface area (Å²) in [4.78, 5) is 4.37. The zero-order chi connectivity index (χ0) is 17.2. The molecule has 2 heterocycles. The molecule has 130 valence electrons. The van der Waals surface area contributed by atoms with Crippen LogP contribution in [0.3, 0.4) is 0 Å². The van der Waals surface area contributed by atoms with Crippen molar-refractivity contribution in [3.05, 3.63) is 43.0 Å². The van der Waals surface area contributed by atoms with Gasteiger partial charge in [0.2, 0.25) is 10.0 Å². The van der Waals surface area contributed by atoms with Gasteiger partial charge < -0.3 is 9.30 Å². The second kappa shape index (κ2) is 6.94. The van der Waals surface area contributed by atoms with Crippen LogP contribution in [0.25, 0.3) is 0 Å². The van der Waals surface area contributed by atoms with Crippen molar-refractivity contribution < 1.29 is 13.2 Å². The molecule has 2 aromatic rings. The van der Waals surface area contributed by atoms with E-state index < -0.39 is 10.0 Å². The maximum Gasteiger partial charge on any atom is 0.243 e. The van der Waals surface area contributed by atoms with Gasteiger partial charge in [0.1, 0.15) is 5.75 Å². The highest BCUT2D eigenvalue weighted by Gasteiger charge is 2.34. The third-order valence-electron chi connectivity index (χ3n) is 4.54. The summed E-state index contributed by atoms with van der Waals surface area (Å²) in [5.74, 6) is 0.982. The average Bonchev–Trinajstić information content (AvgIpc) is 3.10. The molecule has 0 unspecified atom stereocenters. The first-order valence-electron chi connectivity index (χ1n) is 8.23. The van der Waals surface area contributed by atoms with Crippen molar-refractivity contribution >= 4 is 10.0 Å². The number of imidazole rings is 1. The molecule has 2 atom stereocenters. The maximum absolute atomic E-state index is 13.0. The number of nitrogens with zero attached hydrogens (tertiary/aromatic N) is 3. The van der Waals surface area contributed by atoms with E-state index in [4.69, 9.17) is 4.74 Å². The van der Waals surface area contributed by atoms with Crippen LogP contribution < -0.4 is 4.74 Å². The minimum absolute atomic E-state index is 0.103. The molecule has 1 aliphatic rings. The molecular formula is C17H23N3O3S. The fraction of sp³-hybridized carbons (Fsp3) is 0.471. The number of rotatable bonds is 5. The van der Waals surface area contributed by atoms with E-state index in [1.807, 2.05) is 17.7 Å². The van der Waals surface area contributed by atoms with Crippen molar-refractivity contribution in [3.8, 4) is 5.75 Å². The molecule has 0 bridgehead atoms. The van der Waals surface area contributed by atoms with Crippen LogP contribution in [-0.2, 0) is 10.0 Å². The van der Waals surface area contributed by atoms with Crippen LogP contribution in [0.4, 0.5) is 0 Å². The second-order valence-electron chi connectivity index (χ2n) is 6.11. The number of hydrogen-bond donors (Lipinski definition) is 0. The highest BCUT2D eigenvalue weighted by Crippen LogP contribution is 2.31. The number of ether oxygens (including phenoxy) is 1. The maximum atomic E-state index is 13.0. The number of aromatic nitrogens is 2. The second-order valence-corrected chi connectivity index (χ2v) is 8.05. The average molecular weight is 349 g/mol. The molecule has 1 fully saturated rings. The van der Waals surface area contributed by atoms with E-state index in [2.05, 4.69) is 11.9 Å².